The summed E-state index contributed by atoms with van der Waals surface area (Å²) >= 11 is 0. The summed E-state index contributed by atoms with van der Waals surface area (Å²) in [5, 5.41) is 3.20. The fourth-order valence-electron chi connectivity index (χ4n) is 2.58. The van der Waals surface area contributed by atoms with Gasteiger partial charge in [0, 0.05) is 17.5 Å². The predicted molar refractivity (Wildman–Crippen MR) is 66.7 cm³/mol. The first-order chi connectivity index (χ1) is 8.33. The van der Waals surface area contributed by atoms with Gasteiger partial charge in [0.05, 0.1) is 0 Å². The first-order valence-corrected chi connectivity index (χ1v) is 6.32. The number of allylic oxidation sites excluding steroid dienone is 1. The predicted octanol–water partition coefficient (Wildman–Crippen LogP) is 3.78. The Balaban J connectivity index is 1.91. The highest BCUT2D eigenvalue weighted by Gasteiger charge is 2.28. The summed E-state index contributed by atoms with van der Waals surface area (Å²) < 4.78 is 14.3. The fourth-order valence-corrected chi connectivity index (χ4v) is 2.58. The largest absolute Gasteiger partial charge is 0.361 e. The second kappa shape index (κ2) is 3.22. The molecule has 1 aromatic carbocycles. The lowest BCUT2D eigenvalue weighted by atomic mass is 9.96. The van der Waals surface area contributed by atoms with Crippen molar-refractivity contribution in [2.45, 2.75) is 31.6 Å². The van der Waals surface area contributed by atoms with Crippen molar-refractivity contribution >= 4 is 11.8 Å². The summed E-state index contributed by atoms with van der Waals surface area (Å²) in [4.78, 5) is 0. The van der Waals surface area contributed by atoms with Crippen molar-refractivity contribution in [2.24, 2.45) is 0 Å². The third-order valence-corrected chi connectivity index (χ3v) is 3.79. The maximum atomic E-state index is 14.3. The Hall–Kier alpha value is -1.57. The number of halogens is 1. The minimum Gasteiger partial charge on any atom is -0.361 e. The average molecular weight is 227 g/mol. The van der Waals surface area contributed by atoms with Gasteiger partial charge in [-0.05, 0) is 60.4 Å². The molecule has 17 heavy (non-hydrogen) atoms. The molecule has 1 nitrogen and oxygen atoms in total. The Kier molecular flexibility index (Phi) is 1.79. The molecule has 4 rings (SSSR count). The lowest BCUT2D eigenvalue weighted by Gasteiger charge is -2.18. The molecule has 0 aromatic heterocycles. The van der Waals surface area contributed by atoms with Crippen LogP contribution in [0.3, 0.4) is 0 Å². The third-order valence-electron chi connectivity index (χ3n) is 3.79. The van der Waals surface area contributed by atoms with Gasteiger partial charge in [-0.25, -0.2) is 4.39 Å². The van der Waals surface area contributed by atoms with Gasteiger partial charge in [0.1, 0.15) is 5.82 Å². The first-order valence-electron chi connectivity index (χ1n) is 6.32. The van der Waals surface area contributed by atoms with E-state index in [4.69, 9.17) is 0 Å². The van der Waals surface area contributed by atoms with Crippen molar-refractivity contribution in [3.8, 4) is 0 Å². The second-order valence-electron chi connectivity index (χ2n) is 5.20. The Morgan fingerprint density at radius 1 is 1.18 bits per heavy atom. The molecule has 1 N–H and O–H groups in total. The normalized spacial score (nSPS) is 21.2. The van der Waals surface area contributed by atoms with E-state index in [9.17, 15) is 4.39 Å². The molecular weight excluding hydrogens is 213 g/mol. The van der Waals surface area contributed by atoms with Gasteiger partial charge in [-0.1, -0.05) is 6.07 Å². The van der Waals surface area contributed by atoms with E-state index in [1.807, 2.05) is 12.3 Å². The van der Waals surface area contributed by atoms with Gasteiger partial charge in [-0.2, -0.15) is 0 Å². The highest BCUT2D eigenvalue weighted by Crippen LogP contribution is 2.44. The molecule has 0 unspecified atom stereocenters. The molecular formula is C15H14FN. The summed E-state index contributed by atoms with van der Waals surface area (Å²) in [5.41, 5.74) is 5.37. The van der Waals surface area contributed by atoms with Crippen molar-refractivity contribution in [3.05, 3.63) is 46.4 Å². The molecule has 86 valence electrons. The van der Waals surface area contributed by atoms with Gasteiger partial charge in [0.15, 0.2) is 0 Å². The van der Waals surface area contributed by atoms with Crippen LogP contribution in [0.4, 0.5) is 4.39 Å². The zero-order valence-electron chi connectivity index (χ0n) is 9.59. The number of hydrogen-bond acceptors (Lipinski definition) is 1. The Bertz CT molecular complexity index is 559. The molecule has 0 atom stereocenters. The van der Waals surface area contributed by atoms with Gasteiger partial charge in [-0.3, -0.25) is 0 Å². The fraction of sp³-hybridized carbons (Fsp3) is 0.333. The summed E-state index contributed by atoms with van der Waals surface area (Å²) in [6, 6.07) is 3.90. The number of hydrogen-bond donors (Lipinski definition) is 1. The van der Waals surface area contributed by atoms with E-state index in [1.54, 1.807) is 6.07 Å². The number of nitrogens with one attached hydrogen (secondary N) is 1. The van der Waals surface area contributed by atoms with Gasteiger partial charge >= 0.3 is 0 Å². The molecule has 2 saturated carbocycles. The van der Waals surface area contributed by atoms with Gasteiger partial charge in [-0.15, -0.1) is 0 Å². The summed E-state index contributed by atoms with van der Waals surface area (Å²) in [5.74, 6) is 0.547. The lowest BCUT2D eigenvalue weighted by Crippen LogP contribution is -2.12. The van der Waals surface area contributed by atoms with Crippen LogP contribution in [0.1, 0.15) is 48.3 Å². The molecule has 2 heteroatoms. The second-order valence-corrected chi connectivity index (χ2v) is 5.20. The third kappa shape index (κ3) is 1.51. The quantitative estimate of drug-likeness (QED) is 0.769. The van der Waals surface area contributed by atoms with Gasteiger partial charge in [0.25, 0.3) is 0 Å². The van der Waals surface area contributed by atoms with Crippen LogP contribution in [0, 0.1) is 5.82 Å². The number of fused-ring (bicyclic) bond motifs is 1. The van der Waals surface area contributed by atoms with E-state index in [0.717, 1.165) is 29.7 Å². The summed E-state index contributed by atoms with van der Waals surface area (Å²) in [6.45, 7) is 0. The zero-order chi connectivity index (χ0) is 11.4. The highest BCUT2D eigenvalue weighted by molar-refractivity contribution is 5.81. The van der Waals surface area contributed by atoms with Crippen molar-refractivity contribution in [1.82, 2.24) is 5.32 Å². The van der Waals surface area contributed by atoms with Crippen LogP contribution < -0.4 is 5.32 Å². The Morgan fingerprint density at radius 2 is 2.00 bits per heavy atom. The van der Waals surface area contributed by atoms with Crippen LogP contribution in [0.25, 0.3) is 11.8 Å². The molecule has 1 aliphatic heterocycles. The molecule has 0 saturated heterocycles. The van der Waals surface area contributed by atoms with E-state index in [1.165, 1.54) is 24.0 Å². The number of rotatable bonds is 1. The van der Waals surface area contributed by atoms with Gasteiger partial charge in [0.2, 0.25) is 0 Å². The highest BCUT2D eigenvalue weighted by atomic mass is 19.1. The van der Waals surface area contributed by atoms with E-state index in [-0.39, 0.29) is 5.82 Å². The Morgan fingerprint density at radius 3 is 2.71 bits per heavy atom. The maximum absolute atomic E-state index is 14.3. The molecule has 0 bridgehead atoms. The lowest BCUT2D eigenvalue weighted by molar-refractivity contribution is 0.619. The van der Waals surface area contributed by atoms with E-state index in [0.29, 0.717) is 5.92 Å². The van der Waals surface area contributed by atoms with Crippen LogP contribution in [0.5, 0.6) is 0 Å². The monoisotopic (exact) mass is 227 g/mol. The SMILES string of the molecule is Fc1cc(C2CC2)cc2c1C(=C1CC1)NC=C2. The topological polar surface area (TPSA) is 12.0 Å². The first kappa shape index (κ1) is 9.46. The molecule has 3 aliphatic rings. The van der Waals surface area contributed by atoms with Crippen molar-refractivity contribution in [2.75, 3.05) is 0 Å². The van der Waals surface area contributed by atoms with E-state index >= 15 is 0 Å². The maximum Gasteiger partial charge on any atom is 0.133 e. The minimum absolute atomic E-state index is 0.0596. The van der Waals surface area contributed by atoms with Gasteiger partial charge < -0.3 is 5.32 Å². The van der Waals surface area contributed by atoms with E-state index < -0.39 is 0 Å². The Labute approximate surface area is 100 Å². The molecule has 0 amide bonds. The van der Waals surface area contributed by atoms with Crippen LogP contribution in [0.15, 0.2) is 23.9 Å². The molecule has 2 fully saturated rings. The average Bonchev–Trinajstić information content (AvgIpc) is 3.17. The molecule has 0 radical (unpaired) electrons. The molecule has 2 aliphatic carbocycles. The zero-order valence-corrected chi connectivity index (χ0v) is 9.59. The van der Waals surface area contributed by atoms with Crippen LogP contribution in [-0.4, -0.2) is 0 Å². The minimum atomic E-state index is -0.0596. The standard InChI is InChI=1S/C15H14FN/c16-13-8-12(9-1-2-9)7-11-5-6-17-15(14(11)13)10-3-4-10/h5-9,17H,1-4H2. The summed E-state index contributed by atoms with van der Waals surface area (Å²) in [7, 11) is 0. The molecule has 1 aromatic rings. The van der Waals surface area contributed by atoms with Crippen LogP contribution in [0.2, 0.25) is 0 Å². The van der Waals surface area contributed by atoms with E-state index in [2.05, 4.69) is 11.4 Å². The van der Waals surface area contributed by atoms with Crippen molar-refractivity contribution in [3.63, 3.8) is 0 Å². The van der Waals surface area contributed by atoms with Crippen LogP contribution >= 0.6 is 0 Å². The van der Waals surface area contributed by atoms with Crippen LogP contribution in [-0.2, 0) is 0 Å². The van der Waals surface area contributed by atoms with Crippen molar-refractivity contribution < 1.29 is 4.39 Å². The number of benzene rings is 1. The van der Waals surface area contributed by atoms with Crippen molar-refractivity contribution in [1.29, 1.82) is 0 Å². The molecule has 0 spiro atoms. The molecule has 1 heterocycles. The smallest absolute Gasteiger partial charge is 0.133 e. The summed E-state index contributed by atoms with van der Waals surface area (Å²) in [6.07, 6.45) is 8.57.